The summed E-state index contributed by atoms with van der Waals surface area (Å²) in [7, 11) is 3.88. The Labute approximate surface area is 114 Å². The average Bonchev–Trinajstić information content (AvgIpc) is 2.39. The van der Waals surface area contributed by atoms with E-state index in [-0.39, 0.29) is 5.91 Å². The minimum absolute atomic E-state index is 0.123. The number of likely N-dealkylation sites (tertiary alicyclic amines) is 1. The van der Waals surface area contributed by atoms with Crippen LogP contribution in [0.25, 0.3) is 0 Å². The SMILES string of the molecule is CN1CCCC(CC(=O)N(C)c2ccc(N)cn2)C1. The summed E-state index contributed by atoms with van der Waals surface area (Å²) in [6, 6.07) is 3.54. The van der Waals surface area contributed by atoms with Gasteiger partial charge in [0.1, 0.15) is 5.82 Å². The lowest BCUT2D eigenvalue weighted by Crippen LogP contribution is -2.36. The standard InChI is InChI=1S/C14H22N4O/c1-17-7-3-4-11(10-17)8-14(19)18(2)13-6-5-12(15)9-16-13/h5-6,9,11H,3-4,7-8,10,15H2,1-2H3. The molecule has 1 aliphatic heterocycles. The van der Waals surface area contributed by atoms with E-state index in [9.17, 15) is 4.79 Å². The second-order valence-corrected chi connectivity index (χ2v) is 5.38. The second-order valence-electron chi connectivity index (χ2n) is 5.38. The molecule has 0 saturated carbocycles. The lowest BCUT2D eigenvalue weighted by molar-refractivity contribution is -0.119. The molecule has 1 fully saturated rings. The number of carbonyl (C=O) groups is 1. The van der Waals surface area contributed by atoms with Crippen LogP contribution in [-0.4, -0.2) is 43.0 Å². The van der Waals surface area contributed by atoms with E-state index in [4.69, 9.17) is 5.73 Å². The average molecular weight is 262 g/mol. The molecular weight excluding hydrogens is 240 g/mol. The van der Waals surface area contributed by atoms with Gasteiger partial charge in [-0.15, -0.1) is 0 Å². The molecule has 2 N–H and O–H groups in total. The van der Waals surface area contributed by atoms with Gasteiger partial charge in [0.15, 0.2) is 0 Å². The zero-order valence-electron chi connectivity index (χ0n) is 11.7. The number of piperidine rings is 1. The molecule has 1 amide bonds. The summed E-state index contributed by atoms with van der Waals surface area (Å²) in [5.41, 5.74) is 6.21. The van der Waals surface area contributed by atoms with Crippen LogP contribution in [0.5, 0.6) is 0 Å². The van der Waals surface area contributed by atoms with Gasteiger partial charge in [-0.3, -0.25) is 9.69 Å². The lowest BCUT2D eigenvalue weighted by atomic mass is 9.94. The molecule has 2 heterocycles. The molecule has 19 heavy (non-hydrogen) atoms. The van der Waals surface area contributed by atoms with Crippen LogP contribution >= 0.6 is 0 Å². The van der Waals surface area contributed by atoms with Crippen molar-refractivity contribution in [2.75, 3.05) is 37.8 Å². The maximum atomic E-state index is 12.2. The number of hydrogen-bond donors (Lipinski definition) is 1. The smallest absolute Gasteiger partial charge is 0.228 e. The minimum Gasteiger partial charge on any atom is -0.397 e. The van der Waals surface area contributed by atoms with Crippen LogP contribution in [0.1, 0.15) is 19.3 Å². The predicted molar refractivity (Wildman–Crippen MR) is 76.9 cm³/mol. The number of amides is 1. The highest BCUT2D eigenvalue weighted by Gasteiger charge is 2.22. The van der Waals surface area contributed by atoms with Crippen LogP contribution in [0, 0.1) is 5.92 Å². The molecule has 2 rings (SSSR count). The maximum Gasteiger partial charge on any atom is 0.228 e. The van der Waals surface area contributed by atoms with Crippen LogP contribution in [-0.2, 0) is 4.79 Å². The van der Waals surface area contributed by atoms with Gasteiger partial charge in [0, 0.05) is 20.0 Å². The summed E-state index contributed by atoms with van der Waals surface area (Å²) < 4.78 is 0. The van der Waals surface area contributed by atoms with E-state index >= 15 is 0 Å². The third kappa shape index (κ3) is 3.67. The number of carbonyl (C=O) groups excluding carboxylic acids is 1. The van der Waals surface area contributed by atoms with Crippen molar-refractivity contribution in [2.45, 2.75) is 19.3 Å². The van der Waals surface area contributed by atoms with Crippen molar-refractivity contribution < 1.29 is 4.79 Å². The van der Waals surface area contributed by atoms with E-state index in [1.54, 1.807) is 30.3 Å². The van der Waals surface area contributed by atoms with E-state index < -0.39 is 0 Å². The van der Waals surface area contributed by atoms with Crippen LogP contribution in [0.2, 0.25) is 0 Å². The maximum absolute atomic E-state index is 12.2. The van der Waals surface area contributed by atoms with E-state index in [1.807, 2.05) is 0 Å². The van der Waals surface area contributed by atoms with Crippen LogP contribution in [0.15, 0.2) is 18.3 Å². The summed E-state index contributed by atoms with van der Waals surface area (Å²) in [5, 5.41) is 0. The molecule has 0 aliphatic carbocycles. The number of nitrogens with zero attached hydrogens (tertiary/aromatic N) is 3. The Morgan fingerprint density at radius 2 is 2.37 bits per heavy atom. The van der Waals surface area contributed by atoms with Crippen LogP contribution < -0.4 is 10.6 Å². The Hall–Kier alpha value is -1.62. The number of anilines is 2. The number of hydrogen-bond acceptors (Lipinski definition) is 4. The number of rotatable bonds is 3. The molecule has 1 aromatic rings. The summed E-state index contributed by atoms with van der Waals surface area (Å²) in [6.07, 6.45) is 4.48. The molecule has 1 aliphatic rings. The molecule has 0 spiro atoms. The Balaban J connectivity index is 1.93. The molecule has 1 aromatic heterocycles. The van der Waals surface area contributed by atoms with Gasteiger partial charge in [-0.1, -0.05) is 0 Å². The molecule has 1 saturated heterocycles. The van der Waals surface area contributed by atoms with Crippen molar-refractivity contribution >= 4 is 17.4 Å². The molecule has 104 valence electrons. The highest BCUT2D eigenvalue weighted by molar-refractivity contribution is 5.92. The summed E-state index contributed by atoms with van der Waals surface area (Å²) >= 11 is 0. The van der Waals surface area contributed by atoms with Crippen molar-refractivity contribution in [3.8, 4) is 0 Å². The first-order valence-electron chi connectivity index (χ1n) is 6.73. The predicted octanol–water partition coefficient (Wildman–Crippen LogP) is 1.36. The summed E-state index contributed by atoms with van der Waals surface area (Å²) in [5.74, 6) is 1.24. The Morgan fingerprint density at radius 3 is 3.00 bits per heavy atom. The van der Waals surface area contributed by atoms with E-state index in [1.165, 1.54) is 6.42 Å². The summed E-state index contributed by atoms with van der Waals surface area (Å²) in [6.45, 7) is 2.15. The molecule has 0 bridgehead atoms. The zero-order chi connectivity index (χ0) is 13.8. The van der Waals surface area contributed by atoms with E-state index in [0.717, 1.165) is 19.5 Å². The fourth-order valence-electron chi connectivity index (χ4n) is 2.55. The monoisotopic (exact) mass is 262 g/mol. The molecule has 0 aromatic carbocycles. The van der Waals surface area contributed by atoms with E-state index in [2.05, 4.69) is 16.9 Å². The van der Waals surface area contributed by atoms with Crippen molar-refractivity contribution in [2.24, 2.45) is 5.92 Å². The summed E-state index contributed by atoms with van der Waals surface area (Å²) in [4.78, 5) is 20.3. The molecular formula is C14H22N4O. The Kier molecular flexibility index (Phi) is 4.37. The van der Waals surface area contributed by atoms with Gasteiger partial charge in [0.05, 0.1) is 11.9 Å². The molecule has 1 unspecified atom stereocenters. The minimum atomic E-state index is 0.123. The molecule has 5 nitrogen and oxygen atoms in total. The third-order valence-electron chi connectivity index (χ3n) is 3.67. The number of pyridine rings is 1. The fraction of sp³-hybridized carbons (Fsp3) is 0.571. The fourth-order valence-corrected chi connectivity index (χ4v) is 2.55. The van der Waals surface area contributed by atoms with Crippen molar-refractivity contribution in [3.05, 3.63) is 18.3 Å². The van der Waals surface area contributed by atoms with Crippen LogP contribution in [0.3, 0.4) is 0 Å². The van der Waals surface area contributed by atoms with Gasteiger partial charge in [-0.05, 0) is 44.5 Å². The Bertz CT molecular complexity index is 432. The highest BCUT2D eigenvalue weighted by atomic mass is 16.2. The quantitative estimate of drug-likeness (QED) is 0.893. The molecule has 0 radical (unpaired) electrons. The van der Waals surface area contributed by atoms with Gasteiger partial charge >= 0.3 is 0 Å². The van der Waals surface area contributed by atoms with Gasteiger partial charge in [0.2, 0.25) is 5.91 Å². The first-order valence-corrected chi connectivity index (χ1v) is 6.73. The van der Waals surface area contributed by atoms with Crippen LogP contribution in [0.4, 0.5) is 11.5 Å². The molecule has 5 heteroatoms. The van der Waals surface area contributed by atoms with Gasteiger partial charge in [0.25, 0.3) is 0 Å². The van der Waals surface area contributed by atoms with Gasteiger partial charge in [-0.2, -0.15) is 0 Å². The van der Waals surface area contributed by atoms with Gasteiger partial charge in [-0.25, -0.2) is 4.98 Å². The van der Waals surface area contributed by atoms with Crippen molar-refractivity contribution in [3.63, 3.8) is 0 Å². The molecule has 1 atom stereocenters. The second kappa shape index (κ2) is 6.02. The van der Waals surface area contributed by atoms with Gasteiger partial charge < -0.3 is 10.6 Å². The Morgan fingerprint density at radius 1 is 1.58 bits per heavy atom. The van der Waals surface area contributed by atoms with Crippen molar-refractivity contribution in [1.82, 2.24) is 9.88 Å². The lowest BCUT2D eigenvalue weighted by Gasteiger charge is -2.30. The first kappa shape index (κ1) is 13.8. The van der Waals surface area contributed by atoms with E-state index in [0.29, 0.717) is 23.8 Å². The number of nitrogen functional groups attached to an aromatic ring is 1. The zero-order valence-corrected chi connectivity index (χ0v) is 11.7. The number of nitrogens with two attached hydrogens (primary N) is 1. The largest absolute Gasteiger partial charge is 0.397 e. The first-order chi connectivity index (χ1) is 9.06. The highest BCUT2D eigenvalue weighted by Crippen LogP contribution is 2.20. The topological polar surface area (TPSA) is 62.5 Å². The third-order valence-corrected chi connectivity index (χ3v) is 3.67. The number of aromatic nitrogens is 1. The normalized spacial score (nSPS) is 20.2. The van der Waals surface area contributed by atoms with Crippen molar-refractivity contribution in [1.29, 1.82) is 0 Å².